The van der Waals surface area contributed by atoms with Crippen molar-refractivity contribution in [2.75, 3.05) is 6.54 Å². The zero-order valence-corrected chi connectivity index (χ0v) is 21.2. The summed E-state index contributed by atoms with van der Waals surface area (Å²) in [5.41, 5.74) is 0.0765. The van der Waals surface area contributed by atoms with Gasteiger partial charge in [-0.1, -0.05) is 52.0 Å². The van der Waals surface area contributed by atoms with Crippen molar-refractivity contribution in [1.82, 2.24) is 4.90 Å². The first-order valence-corrected chi connectivity index (χ1v) is 13.6. The number of carboxylic acid groups (broad SMARTS) is 1. The lowest BCUT2D eigenvalue weighted by atomic mass is 9.74. The SMILES string of the molecule is CC(C)C1CCC(C(=O)N2CC[C@H](C3CCCCC3)[C@H]2C(=O)Cc2ccc(C(=O)O)cc2F)CC1. The van der Waals surface area contributed by atoms with Crippen molar-refractivity contribution in [1.29, 1.82) is 0 Å². The fourth-order valence-corrected chi connectivity index (χ4v) is 6.92. The van der Waals surface area contributed by atoms with Crippen molar-refractivity contribution in [3.05, 3.63) is 35.1 Å². The number of carbonyl (C=O) groups excluding carboxylic acids is 2. The molecular formula is C29H40FNO4. The van der Waals surface area contributed by atoms with Gasteiger partial charge < -0.3 is 10.0 Å². The zero-order valence-electron chi connectivity index (χ0n) is 21.2. The molecule has 1 aliphatic heterocycles. The van der Waals surface area contributed by atoms with Crippen LogP contribution < -0.4 is 0 Å². The second-order valence-electron chi connectivity index (χ2n) is 11.4. The topological polar surface area (TPSA) is 74.7 Å². The Morgan fingerprint density at radius 3 is 2.29 bits per heavy atom. The Balaban J connectivity index is 1.53. The number of aromatic carboxylic acids is 1. The Morgan fingerprint density at radius 2 is 1.69 bits per heavy atom. The number of amides is 1. The molecule has 5 nitrogen and oxygen atoms in total. The highest BCUT2D eigenvalue weighted by molar-refractivity contribution is 5.92. The number of Topliss-reactive ketones (excluding diaryl/α,β-unsaturated/α-hetero) is 1. The number of rotatable bonds is 7. The van der Waals surface area contributed by atoms with Gasteiger partial charge in [-0.3, -0.25) is 9.59 Å². The van der Waals surface area contributed by atoms with E-state index in [1.54, 1.807) is 0 Å². The fourth-order valence-electron chi connectivity index (χ4n) is 6.92. The van der Waals surface area contributed by atoms with Gasteiger partial charge in [0.2, 0.25) is 5.91 Å². The Labute approximate surface area is 208 Å². The van der Waals surface area contributed by atoms with E-state index in [0.29, 0.717) is 24.3 Å². The molecule has 0 unspecified atom stereocenters. The Kier molecular flexibility index (Phi) is 8.28. The molecule has 3 aliphatic rings. The van der Waals surface area contributed by atoms with E-state index in [-0.39, 0.29) is 41.1 Å². The molecule has 1 N–H and O–H groups in total. The molecule has 0 spiro atoms. The van der Waals surface area contributed by atoms with Crippen LogP contribution in [0, 0.1) is 35.4 Å². The summed E-state index contributed by atoms with van der Waals surface area (Å²) in [5.74, 6) is -0.000344. The van der Waals surface area contributed by atoms with Gasteiger partial charge in [0.25, 0.3) is 0 Å². The normalized spacial score (nSPS) is 27.8. The highest BCUT2D eigenvalue weighted by Gasteiger charge is 2.46. The van der Waals surface area contributed by atoms with Crippen LogP contribution in [-0.2, 0) is 16.0 Å². The molecule has 0 bridgehead atoms. The second kappa shape index (κ2) is 11.2. The molecule has 0 radical (unpaired) electrons. The van der Waals surface area contributed by atoms with Crippen molar-refractivity contribution < 1.29 is 23.9 Å². The predicted molar refractivity (Wildman–Crippen MR) is 133 cm³/mol. The van der Waals surface area contributed by atoms with Crippen LogP contribution in [0.25, 0.3) is 0 Å². The van der Waals surface area contributed by atoms with Crippen LogP contribution in [0.3, 0.4) is 0 Å². The summed E-state index contributed by atoms with van der Waals surface area (Å²) in [5, 5.41) is 9.12. The summed E-state index contributed by atoms with van der Waals surface area (Å²) in [6.07, 6.45) is 10.4. The molecule has 35 heavy (non-hydrogen) atoms. The summed E-state index contributed by atoms with van der Waals surface area (Å²) in [7, 11) is 0. The fraction of sp³-hybridized carbons (Fsp3) is 0.690. The van der Waals surface area contributed by atoms with E-state index in [1.165, 1.54) is 31.4 Å². The third kappa shape index (κ3) is 5.78. The zero-order chi connectivity index (χ0) is 25.1. The first kappa shape index (κ1) is 25.8. The number of carbonyl (C=O) groups is 3. The van der Waals surface area contributed by atoms with Crippen LogP contribution in [0.1, 0.15) is 94.0 Å². The van der Waals surface area contributed by atoms with Gasteiger partial charge in [-0.2, -0.15) is 0 Å². The number of ketones is 1. The molecule has 2 aliphatic carbocycles. The quantitative estimate of drug-likeness (QED) is 0.522. The molecule has 6 heteroatoms. The molecule has 3 fully saturated rings. The molecular weight excluding hydrogens is 445 g/mol. The van der Waals surface area contributed by atoms with E-state index >= 15 is 0 Å². The number of hydrogen-bond acceptors (Lipinski definition) is 3. The predicted octanol–water partition coefficient (Wildman–Crippen LogP) is 5.90. The monoisotopic (exact) mass is 485 g/mol. The number of hydrogen-bond donors (Lipinski definition) is 1. The van der Waals surface area contributed by atoms with E-state index in [1.807, 2.05) is 4.90 Å². The van der Waals surface area contributed by atoms with Gasteiger partial charge in [-0.25, -0.2) is 9.18 Å². The van der Waals surface area contributed by atoms with E-state index < -0.39 is 17.8 Å². The van der Waals surface area contributed by atoms with Gasteiger partial charge in [0.1, 0.15) is 5.82 Å². The first-order chi connectivity index (χ1) is 16.8. The lowest BCUT2D eigenvalue weighted by Gasteiger charge is -2.37. The largest absolute Gasteiger partial charge is 0.478 e. The average molecular weight is 486 g/mol. The first-order valence-electron chi connectivity index (χ1n) is 13.6. The third-order valence-electron chi connectivity index (χ3n) is 9.04. The van der Waals surface area contributed by atoms with E-state index in [2.05, 4.69) is 13.8 Å². The van der Waals surface area contributed by atoms with Gasteiger partial charge in [-0.05, 0) is 73.5 Å². The van der Waals surface area contributed by atoms with Gasteiger partial charge in [-0.15, -0.1) is 0 Å². The highest BCUT2D eigenvalue weighted by atomic mass is 19.1. The lowest BCUT2D eigenvalue weighted by Crippen LogP contribution is -2.48. The molecule has 2 atom stereocenters. The average Bonchev–Trinajstić information content (AvgIpc) is 3.30. The van der Waals surface area contributed by atoms with Crippen LogP contribution >= 0.6 is 0 Å². The Hall–Kier alpha value is -2.24. The van der Waals surface area contributed by atoms with Gasteiger partial charge >= 0.3 is 5.97 Å². The van der Waals surface area contributed by atoms with Crippen molar-refractivity contribution in [3.63, 3.8) is 0 Å². The second-order valence-corrected chi connectivity index (χ2v) is 11.4. The van der Waals surface area contributed by atoms with Crippen molar-refractivity contribution in [3.8, 4) is 0 Å². The van der Waals surface area contributed by atoms with E-state index in [0.717, 1.165) is 51.0 Å². The van der Waals surface area contributed by atoms with Crippen molar-refractivity contribution >= 4 is 17.7 Å². The summed E-state index contributed by atoms with van der Waals surface area (Å²) in [4.78, 5) is 40.4. The molecule has 4 rings (SSSR count). The number of nitrogens with zero attached hydrogens (tertiary/aromatic N) is 1. The third-order valence-corrected chi connectivity index (χ3v) is 9.04. The molecule has 1 saturated heterocycles. The number of benzene rings is 1. The van der Waals surface area contributed by atoms with Crippen LogP contribution in [0.5, 0.6) is 0 Å². The Morgan fingerprint density at radius 1 is 1.00 bits per heavy atom. The minimum absolute atomic E-state index is 0.0167. The van der Waals surface area contributed by atoms with Crippen LogP contribution in [-0.4, -0.2) is 40.3 Å². The molecule has 1 amide bonds. The van der Waals surface area contributed by atoms with E-state index in [4.69, 9.17) is 5.11 Å². The molecule has 1 heterocycles. The summed E-state index contributed by atoms with van der Waals surface area (Å²) in [6, 6.07) is 3.23. The molecule has 1 aromatic rings. The van der Waals surface area contributed by atoms with E-state index in [9.17, 15) is 18.8 Å². The maximum atomic E-state index is 14.7. The Bertz CT molecular complexity index is 931. The highest BCUT2D eigenvalue weighted by Crippen LogP contribution is 2.42. The lowest BCUT2D eigenvalue weighted by molar-refractivity contribution is -0.143. The van der Waals surface area contributed by atoms with Crippen molar-refractivity contribution in [2.45, 2.75) is 90.5 Å². The minimum atomic E-state index is -1.20. The van der Waals surface area contributed by atoms with Crippen molar-refractivity contribution in [2.24, 2.45) is 29.6 Å². The summed E-state index contributed by atoms with van der Waals surface area (Å²) in [6.45, 7) is 5.11. The van der Waals surface area contributed by atoms with Gasteiger partial charge in [0.15, 0.2) is 5.78 Å². The maximum absolute atomic E-state index is 14.7. The van der Waals surface area contributed by atoms with Gasteiger partial charge in [0.05, 0.1) is 11.6 Å². The smallest absolute Gasteiger partial charge is 0.335 e. The van der Waals surface area contributed by atoms with Gasteiger partial charge in [0, 0.05) is 18.9 Å². The molecule has 2 saturated carbocycles. The van der Waals surface area contributed by atoms with Crippen LogP contribution in [0.2, 0.25) is 0 Å². The minimum Gasteiger partial charge on any atom is -0.478 e. The number of likely N-dealkylation sites (tertiary alicyclic amines) is 1. The molecule has 1 aromatic carbocycles. The molecule has 0 aromatic heterocycles. The summed E-state index contributed by atoms with van der Waals surface area (Å²) < 4.78 is 14.7. The summed E-state index contributed by atoms with van der Waals surface area (Å²) >= 11 is 0. The number of carboxylic acids is 1. The molecule has 192 valence electrons. The standard InChI is InChI=1S/C29H40FNO4/c1-18(2)19-8-10-21(11-9-19)28(33)31-15-14-24(20-6-4-3-5-7-20)27(31)26(32)17-22-12-13-23(29(34)35)16-25(22)30/h12-13,16,18-21,24,27H,3-11,14-15,17H2,1-2H3,(H,34,35)/t19?,21?,24-,27+/m1/s1. The van der Waals surface area contributed by atoms with Crippen LogP contribution in [0.15, 0.2) is 18.2 Å². The van der Waals surface area contributed by atoms with Crippen LogP contribution in [0.4, 0.5) is 4.39 Å². The maximum Gasteiger partial charge on any atom is 0.335 e. The number of halogens is 1.